The highest BCUT2D eigenvalue weighted by molar-refractivity contribution is 5.76. The Balaban J connectivity index is 2.30. The normalized spacial score (nSPS) is 24.3. The predicted octanol–water partition coefficient (Wildman–Crippen LogP) is 0.361. The topological polar surface area (TPSA) is 65.3 Å². The van der Waals surface area contributed by atoms with Gasteiger partial charge in [0.05, 0.1) is 6.61 Å². The van der Waals surface area contributed by atoms with Crippen molar-refractivity contribution in [3.63, 3.8) is 0 Å². The lowest BCUT2D eigenvalue weighted by Gasteiger charge is -2.18. The van der Waals surface area contributed by atoms with Gasteiger partial charge < -0.3 is 15.2 Å². The molecule has 0 aromatic heterocycles. The molecule has 1 fully saturated rings. The summed E-state index contributed by atoms with van der Waals surface area (Å²) in [5, 5.41) is 19.7. The zero-order chi connectivity index (χ0) is 9.68. The summed E-state index contributed by atoms with van der Waals surface area (Å²) in [5.41, 5.74) is 0. The van der Waals surface area contributed by atoms with Gasteiger partial charge in [0.2, 0.25) is 0 Å². The molecule has 1 heterocycles. The molecule has 2 unspecified atom stereocenters. The Labute approximate surface area is 78.8 Å². The summed E-state index contributed by atoms with van der Waals surface area (Å²) in [6.45, 7) is 3.74. The molecule has 0 aromatic rings. The average molecular weight is 186 g/mol. The van der Waals surface area contributed by atoms with Crippen LogP contribution in [0.15, 0.2) is 0 Å². The second-order valence-electron chi connectivity index (χ2n) is 3.38. The third-order valence-electron chi connectivity index (χ3n) is 2.38. The van der Waals surface area contributed by atoms with Gasteiger partial charge in [-0.2, -0.15) is 0 Å². The Morgan fingerprint density at radius 2 is 2.54 bits per heavy atom. The molecule has 1 saturated heterocycles. The molecule has 4 nitrogen and oxygen atoms in total. The molecule has 0 aromatic carbocycles. The van der Waals surface area contributed by atoms with E-state index < -0.39 is 0 Å². The van der Waals surface area contributed by atoms with Gasteiger partial charge in [0.1, 0.15) is 6.10 Å². The molecule has 13 heavy (non-hydrogen) atoms. The molecule has 0 spiro atoms. The highest BCUT2D eigenvalue weighted by Crippen LogP contribution is 2.11. The van der Waals surface area contributed by atoms with Crippen LogP contribution in [0.3, 0.4) is 0 Å². The summed E-state index contributed by atoms with van der Waals surface area (Å²) in [6.07, 6.45) is 1.52. The molecular formula is C9H18N2O2. The van der Waals surface area contributed by atoms with Crippen molar-refractivity contribution >= 4 is 5.90 Å². The molecule has 3 N–H and O–H groups in total. The Hall–Kier alpha value is -0.610. The van der Waals surface area contributed by atoms with Crippen LogP contribution in [0.4, 0.5) is 0 Å². The lowest BCUT2D eigenvalue weighted by atomic mass is 10.1. The fourth-order valence-electron chi connectivity index (χ4n) is 1.40. The van der Waals surface area contributed by atoms with Gasteiger partial charge in [-0.05, 0) is 19.4 Å². The minimum atomic E-state index is -0.201. The van der Waals surface area contributed by atoms with E-state index in [1.54, 1.807) is 0 Å². The van der Waals surface area contributed by atoms with Crippen molar-refractivity contribution in [2.24, 2.45) is 5.92 Å². The fourth-order valence-corrected chi connectivity index (χ4v) is 1.40. The van der Waals surface area contributed by atoms with Crippen molar-refractivity contribution in [1.29, 1.82) is 5.41 Å². The maximum absolute atomic E-state index is 8.88. The van der Waals surface area contributed by atoms with Crippen LogP contribution in [-0.2, 0) is 4.74 Å². The first-order valence-electron chi connectivity index (χ1n) is 4.84. The summed E-state index contributed by atoms with van der Waals surface area (Å²) in [7, 11) is 0. The van der Waals surface area contributed by atoms with E-state index in [1.165, 1.54) is 0 Å². The van der Waals surface area contributed by atoms with Crippen molar-refractivity contribution in [1.82, 2.24) is 5.32 Å². The third-order valence-corrected chi connectivity index (χ3v) is 2.38. The van der Waals surface area contributed by atoms with Crippen LogP contribution in [-0.4, -0.2) is 36.8 Å². The minimum absolute atomic E-state index is 0.000964. The summed E-state index contributed by atoms with van der Waals surface area (Å²) >= 11 is 0. The van der Waals surface area contributed by atoms with E-state index in [4.69, 9.17) is 15.3 Å². The van der Waals surface area contributed by atoms with Crippen LogP contribution in [0.2, 0.25) is 0 Å². The number of ether oxygens (including phenoxy) is 1. The van der Waals surface area contributed by atoms with Crippen LogP contribution < -0.4 is 5.32 Å². The predicted molar refractivity (Wildman–Crippen MR) is 51.0 cm³/mol. The molecule has 1 aliphatic heterocycles. The molecular weight excluding hydrogens is 168 g/mol. The third kappa shape index (κ3) is 2.97. The summed E-state index contributed by atoms with van der Waals surface area (Å²) in [4.78, 5) is 0. The number of rotatable bonds is 4. The van der Waals surface area contributed by atoms with Crippen molar-refractivity contribution in [3.8, 4) is 0 Å². The van der Waals surface area contributed by atoms with E-state index in [-0.39, 0.29) is 18.6 Å². The van der Waals surface area contributed by atoms with E-state index in [0.717, 1.165) is 25.9 Å². The molecule has 1 aliphatic rings. The van der Waals surface area contributed by atoms with Gasteiger partial charge in [0.25, 0.3) is 0 Å². The first-order valence-corrected chi connectivity index (χ1v) is 4.84. The standard InChI is InChI=1S/C9H18N2O2/c1-2-8(6-12)13-9(10)7-3-4-11-5-7/h7-8,10-12H,2-6H2,1H3. The Morgan fingerprint density at radius 1 is 1.77 bits per heavy atom. The SMILES string of the molecule is CCC(CO)OC(=N)C1CCNC1. The van der Waals surface area contributed by atoms with Crippen LogP contribution in [0.5, 0.6) is 0 Å². The van der Waals surface area contributed by atoms with E-state index in [1.807, 2.05) is 6.92 Å². The maximum atomic E-state index is 8.88. The Morgan fingerprint density at radius 3 is 3.00 bits per heavy atom. The van der Waals surface area contributed by atoms with E-state index in [9.17, 15) is 0 Å². The largest absolute Gasteiger partial charge is 0.475 e. The zero-order valence-electron chi connectivity index (χ0n) is 8.05. The molecule has 4 heteroatoms. The summed E-state index contributed by atoms with van der Waals surface area (Å²) < 4.78 is 5.33. The second-order valence-corrected chi connectivity index (χ2v) is 3.38. The number of nitrogens with one attached hydrogen (secondary N) is 2. The fraction of sp³-hybridized carbons (Fsp3) is 0.889. The van der Waals surface area contributed by atoms with E-state index >= 15 is 0 Å². The zero-order valence-corrected chi connectivity index (χ0v) is 8.05. The first kappa shape index (κ1) is 10.5. The van der Waals surface area contributed by atoms with Gasteiger partial charge in [-0.25, -0.2) is 0 Å². The summed E-state index contributed by atoms with van der Waals surface area (Å²) in [6, 6.07) is 0. The van der Waals surface area contributed by atoms with Gasteiger partial charge in [-0.15, -0.1) is 0 Å². The van der Waals surface area contributed by atoms with Gasteiger partial charge in [0, 0.05) is 12.5 Å². The molecule has 2 atom stereocenters. The monoisotopic (exact) mass is 186 g/mol. The van der Waals surface area contributed by atoms with Crippen molar-refractivity contribution in [3.05, 3.63) is 0 Å². The van der Waals surface area contributed by atoms with Gasteiger partial charge >= 0.3 is 0 Å². The van der Waals surface area contributed by atoms with Crippen LogP contribution in [0.25, 0.3) is 0 Å². The van der Waals surface area contributed by atoms with Gasteiger partial charge in [-0.3, -0.25) is 5.41 Å². The Kier molecular flexibility index (Phi) is 4.18. The van der Waals surface area contributed by atoms with E-state index in [2.05, 4.69) is 5.32 Å². The van der Waals surface area contributed by atoms with Crippen LogP contribution >= 0.6 is 0 Å². The lowest BCUT2D eigenvalue weighted by molar-refractivity contribution is 0.0948. The second kappa shape index (κ2) is 5.19. The number of hydrogen-bond donors (Lipinski definition) is 3. The number of hydrogen-bond acceptors (Lipinski definition) is 4. The van der Waals surface area contributed by atoms with E-state index in [0.29, 0.717) is 5.90 Å². The van der Waals surface area contributed by atoms with Crippen LogP contribution in [0, 0.1) is 11.3 Å². The Bertz CT molecular complexity index is 163. The number of aliphatic hydroxyl groups is 1. The van der Waals surface area contributed by atoms with Gasteiger partial charge in [0.15, 0.2) is 5.90 Å². The van der Waals surface area contributed by atoms with Crippen molar-refractivity contribution in [2.45, 2.75) is 25.9 Å². The molecule has 0 radical (unpaired) electrons. The lowest BCUT2D eigenvalue weighted by Crippen LogP contribution is -2.27. The highest BCUT2D eigenvalue weighted by atomic mass is 16.5. The minimum Gasteiger partial charge on any atom is -0.475 e. The maximum Gasteiger partial charge on any atom is 0.185 e. The highest BCUT2D eigenvalue weighted by Gasteiger charge is 2.22. The number of aliphatic hydroxyl groups excluding tert-OH is 1. The van der Waals surface area contributed by atoms with Crippen molar-refractivity contribution in [2.75, 3.05) is 19.7 Å². The molecule has 0 amide bonds. The van der Waals surface area contributed by atoms with Gasteiger partial charge in [-0.1, -0.05) is 6.92 Å². The first-order chi connectivity index (χ1) is 6.27. The smallest absolute Gasteiger partial charge is 0.185 e. The molecule has 76 valence electrons. The molecule has 1 rings (SSSR count). The molecule has 0 aliphatic carbocycles. The van der Waals surface area contributed by atoms with Crippen molar-refractivity contribution < 1.29 is 9.84 Å². The summed E-state index contributed by atoms with van der Waals surface area (Å²) in [5.74, 6) is 0.534. The molecule has 0 saturated carbocycles. The molecule has 0 bridgehead atoms. The quantitative estimate of drug-likeness (QED) is 0.439. The average Bonchev–Trinajstić information content (AvgIpc) is 2.66. The van der Waals surface area contributed by atoms with Crippen LogP contribution in [0.1, 0.15) is 19.8 Å².